The van der Waals surface area contributed by atoms with E-state index >= 15 is 0 Å². The van der Waals surface area contributed by atoms with Crippen molar-refractivity contribution in [1.82, 2.24) is 30.2 Å². The minimum absolute atomic E-state index is 0.113. The molecule has 9 heteroatoms. The van der Waals surface area contributed by atoms with Crippen LogP contribution in [0.5, 0.6) is 0 Å². The first-order chi connectivity index (χ1) is 17.1. The van der Waals surface area contributed by atoms with Gasteiger partial charge >= 0.3 is 0 Å². The Morgan fingerprint density at radius 1 is 1.19 bits per heavy atom. The number of rotatable bonds is 6. The number of amides is 2. The number of pyridine rings is 1. The molecule has 2 fully saturated rings. The Morgan fingerprint density at radius 3 is 2.69 bits per heavy atom. The Balaban J connectivity index is 1.37. The molecule has 3 heterocycles. The van der Waals surface area contributed by atoms with E-state index in [9.17, 15) is 14.7 Å². The van der Waals surface area contributed by atoms with Crippen LogP contribution in [0.3, 0.4) is 0 Å². The molecule has 0 unspecified atom stereocenters. The molecule has 9 nitrogen and oxygen atoms in total. The standard InChI is InChI=1S/C27H34N6O3/c1-16(20-7-5-6-18-13-28-11-10-21(18)20)29-25(35)23-12-19(34)14-32(23)26(36)24(27(2,3)4)33-15-22(30-31-33)17-8-9-17/h5-7,10-11,13,15-17,19,23-24,34H,8-9,12,14H2,1-4H3,(H,29,35)/t16-,19-,23+,24-/m1/s1. The second kappa shape index (κ2) is 9.28. The minimum Gasteiger partial charge on any atom is -0.391 e. The maximum Gasteiger partial charge on any atom is 0.248 e. The number of aromatic nitrogens is 4. The summed E-state index contributed by atoms with van der Waals surface area (Å²) in [6.45, 7) is 7.98. The number of hydrogen-bond acceptors (Lipinski definition) is 6. The quantitative estimate of drug-likeness (QED) is 0.549. The average molecular weight is 491 g/mol. The monoisotopic (exact) mass is 490 g/mol. The van der Waals surface area contributed by atoms with Crippen molar-refractivity contribution in [2.24, 2.45) is 5.41 Å². The molecule has 2 N–H and O–H groups in total. The molecule has 5 rings (SSSR count). The highest BCUT2D eigenvalue weighted by Crippen LogP contribution is 2.40. The number of nitrogens with one attached hydrogen (secondary N) is 1. The summed E-state index contributed by atoms with van der Waals surface area (Å²) in [5.41, 5.74) is 1.42. The van der Waals surface area contributed by atoms with Crippen LogP contribution in [0.1, 0.15) is 76.2 Å². The van der Waals surface area contributed by atoms with Gasteiger partial charge in [-0.3, -0.25) is 14.6 Å². The first-order valence-electron chi connectivity index (χ1n) is 12.7. The van der Waals surface area contributed by atoms with Crippen LogP contribution in [0, 0.1) is 5.41 Å². The Kier molecular flexibility index (Phi) is 6.28. The van der Waals surface area contributed by atoms with E-state index in [0.29, 0.717) is 5.92 Å². The van der Waals surface area contributed by atoms with Crippen LogP contribution in [0.25, 0.3) is 10.8 Å². The lowest BCUT2D eigenvalue weighted by atomic mass is 9.85. The molecule has 190 valence electrons. The van der Waals surface area contributed by atoms with E-state index in [1.54, 1.807) is 17.1 Å². The van der Waals surface area contributed by atoms with Gasteiger partial charge in [0.15, 0.2) is 0 Å². The molecule has 1 saturated heterocycles. The van der Waals surface area contributed by atoms with Crippen molar-refractivity contribution in [3.05, 3.63) is 54.1 Å². The molecule has 0 spiro atoms. The van der Waals surface area contributed by atoms with Gasteiger partial charge in [0, 0.05) is 42.9 Å². The minimum atomic E-state index is -0.762. The van der Waals surface area contributed by atoms with E-state index in [1.165, 1.54) is 4.90 Å². The molecule has 0 radical (unpaired) electrons. The number of hydrogen-bond donors (Lipinski definition) is 2. The van der Waals surface area contributed by atoms with Crippen molar-refractivity contribution in [3.63, 3.8) is 0 Å². The first-order valence-corrected chi connectivity index (χ1v) is 12.7. The number of benzene rings is 1. The first kappa shape index (κ1) is 24.4. The zero-order valence-electron chi connectivity index (χ0n) is 21.3. The molecular formula is C27H34N6O3. The molecule has 1 aliphatic carbocycles. The number of β-amino-alcohol motifs (C(OH)–C–C–N with tert-alkyl or cyclic N) is 1. The Bertz CT molecular complexity index is 1270. The molecule has 36 heavy (non-hydrogen) atoms. The summed E-state index contributed by atoms with van der Waals surface area (Å²) in [4.78, 5) is 33.1. The molecular weight excluding hydrogens is 456 g/mol. The van der Waals surface area contributed by atoms with Crippen LogP contribution in [-0.2, 0) is 9.59 Å². The summed E-state index contributed by atoms with van der Waals surface area (Å²) in [5.74, 6) is -0.0772. The van der Waals surface area contributed by atoms with Crippen molar-refractivity contribution >= 4 is 22.6 Å². The summed E-state index contributed by atoms with van der Waals surface area (Å²) >= 11 is 0. The lowest BCUT2D eigenvalue weighted by molar-refractivity contribution is -0.144. The van der Waals surface area contributed by atoms with E-state index < -0.39 is 23.6 Å². The van der Waals surface area contributed by atoms with Gasteiger partial charge in [-0.1, -0.05) is 44.2 Å². The summed E-state index contributed by atoms with van der Waals surface area (Å²) < 4.78 is 1.64. The van der Waals surface area contributed by atoms with Gasteiger partial charge in [-0.2, -0.15) is 0 Å². The highest BCUT2D eigenvalue weighted by atomic mass is 16.3. The third-order valence-electron chi connectivity index (χ3n) is 7.25. The summed E-state index contributed by atoms with van der Waals surface area (Å²) in [6.07, 6.45) is 7.03. The van der Waals surface area contributed by atoms with Gasteiger partial charge in [0.05, 0.1) is 17.8 Å². The molecule has 1 aliphatic heterocycles. The van der Waals surface area contributed by atoms with Crippen molar-refractivity contribution in [2.45, 2.75) is 77.1 Å². The number of aliphatic hydroxyl groups is 1. The Labute approximate surface area is 210 Å². The van der Waals surface area contributed by atoms with Gasteiger partial charge in [-0.25, -0.2) is 4.68 Å². The van der Waals surface area contributed by atoms with Crippen molar-refractivity contribution in [3.8, 4) is 0 Å². The largest absolute Gasteiger partial charge is 0.391 e. The van der Waals surface area contributed by atoms with Crippen LogP contribution < -0.4 is 5.32 Å². The highest BCUT2D eigenvalue weighted by molar-refractivity contribution is 5.91. The van der Waals surface area contributed by atoms with Gasteiger partial charge in [-0.05, 0) is 42.2 Å². The highest BCUT2D eigenvalue weighted by Gasteiger charge is 2.45. The predicted octanol–water partition coefficient (Wildman–Crippen LogP) is 3.13. The SMILES string of the molecule is C[C@@H](NC(=O)[C@@H]1C[C@@H](O)CN1C(=O)[C@@H](n1cc(C2CC2)nn1)C(C)(C)C)c1cccc2cnccc12. The van der Waals surface area contributed by atoms with E-state index in [0.717, 1.165) is 34.9 Å². The fourth-order valence-electron chi connectivity index (χ4n) is 5.24. The smallest absolute Gasteiger partial charge is 0.248 e. The molecule has 2 amide bonds. The van der Waals surface area contributed by atoms with Crippen molar-refractivity contribution in [1.29, 1.82) is 0 Å². The number of nitrogens with zero attached hydrogens (tertiary/aromatic N) is 5. The fraction of sp³-hybridized carbons (Fsp3) is 0.519. The van der Waals surface area contributed by atoms with Crippen LogP contribution in [0.4, 0.5) is 0 Å². The summed E-state index contributed by atoms with van der Waals surface area (Å²) in [5, 5.41) is 24.2. The average Bonchev–Trinajstić information content (AvgIpc) is 3.44. The van der Waals surface area contributed by atoms with Gasteiger partial charge in [0.2, 0.25) is 11.8 Å². The number of carbonyl (C=O) groups excluding carboxylic acids is 2. The van der Waals surface area contributed by atoms with Crippen LogP contribution >= 0.6 is 0 Å². The number of carbonyl (C=O) groups is 2. The normalized spacial score (nSPS) is 22.0. The van der Waals surface area contributed by atoms with Gasteiger partial charge < -0.3 is 15.3 Å². The van der Waals surface area contributed by atoms with E-state index in [2.05, 4.69) is 20.6 Å². The topological polar surface area (TPSA) is 113 Å². The summed E-state index contributed by atoms with van der Waals surface area (Å²) in [6, 6.07) is 6.16. The third kappa shape index (κ3) is 4.72. The second-order valence-corrected chi connectivity index (χ2v) is 11.2. The predicted molar refractivity (Wildman–Crippen MR) is 135 cm³/mol. The number of aliphatic hydroxyl groups excluding tert-OH is 1. The molecule has 1 saturated carbocycles. The second-order valence-electron chi connectivity index (χ2n) is 11.2. The lowest BCUT2D eigenvalue weighted by Crippen LogP contribution is -2.50. The van der Waals surface area contributed by atoms with E-state index in [1.807, 2.05) is 58.2 Å². The van der Waals surface area contributed by atoms with Crippen LogP contribution in [0.2, 0.25) is 0 Å². The van der Waals surface area contributed by atoms with Crippen molar-refractivity contribution in [2.75, 3.05) is 6.54 Å². The van der Waals surface area contributed by atoms with Gasteiger partial charge in [-0.15, -0.1) is 5.10 Å². The van der Waals surface area contributed by atoms with Crippen molar-refractivity contribution < 1.29 is 14.7 Å². The molecule has 1 aromatic carbocycles. The van der Waals surface area contributed by atoms with Crippen LogP contribution in [0.15, 0.2) is 42.9 Å². The van der Waals surface area contributed by atoms with E-state index in [-0.39, 0.29) is 30.8 Å². The molecule has 0 bridgehead atoms. The van der Waals surface area contributed by atoms with Gasteiger partial charge in [0.1, 0.15) is 12.1 Å². The Morgan fingerprint density at radius 2 is 1.97 bits per heavy atom. The zero-order chi connectivity index (χ0) is 25.6. The maximum absolute atomic E-state index is 13.9. The molecule has 2 aliphatic rings. The van der Waals surface area contributed by atoms with Gasteiger partial charge in [0.25, 0.3) is 0 Å². The molecule has 3 aromatic rings. The maximum atomic E-state index is 13.9. The zero-order valence-corrected chi connectivity index (χ0v) is 21.3. The van der Waals surface area contributed by atoms with E-state index in [4.69, 9.17) is 0 Å². The number of likely N-dealkylation sites (tertiary alicyclic amines) is 1. The summed E-state index contributed by atoms with van der Waals surface area (Å²) in [7, 11) is 0. The third-order valence-corrected chi connectivity index (χ3v) is 7.25. The number of fused-ring (bicyclic) bond motifs is 1. The molecule has 2 aromatic heterocycles. The fourth-order valence-corrected chi connectivity index (χ4v) is 5.24. The Hall–Kier alpha value is -3.33. The molecule has 4 atom stereocenters. The lowest BCUT2D eigenvalue weighted by Gasteiger charge is -2.34. The van der Waals surface area contributed by atoms with Crippen LogP contribution in [-0.4, -0.2) is 60.5 Å².